The van der Waals surface area contributed by atoms with Crippen molar-refractivity contribution < 1.29 is 14.6 Å². The maximum atomic E-state index is 10.3. The summed E-state index contributed by atoms with van der Waals surface area (Å²) in [6.07, 6.45) is 19.7. The Kier molecular flexibility index (Phi) is 8.72. The van der Waals surface area contributed by atoms with Crippen LogP contribution >= 0.6 is 0 Å². The van der Waals surface area contributed by atoms with E-state index < -0.39 is 5.97 Å². The van der Waals surface area contributed by atoms with Crippen LogP contribution in [0, 0.1) is 0 Å². The molecule has 1 heterocycles. The molecule has 0 aromatic rings. The van der Waals surface area contributed by atoms with Gasteiger partial charge in [0.1, 0.15) is 0 Å². The molecule has 1 rings (SSSR count). The van der Waals surface area contributed by atoms with Crippen LogP contribution in [-0.4, -0.2) is 23.3 Å². The van der Waals surface area contributed by atoms with Gasteiger partial charge in [0.05, 0.1) is 12.2 Å². The van der Waals surface area contributed by atoms with E-state index in [9.17, 15) is 4.79 Å². The minimum Gasteiger partial charge on any atom is -0.481 e. The molecule has 0 aromatic heterocycles. The molecule has 1 N–H and O–H groups in total. The van der Waals surface area contributed by atoms with Gasteiger partial charge >= 0.3 is 5.97 Å². The minimum absolute atomic E-state index is 0.259. The van der Waals surface area contributed by atoms with E-state index in [2.05, 4.69) is 43.4 Å². The molecule has 1 aliphatic heterocycles. The average Bonchev–Trinajstić information content (AvgIpc) is 3.18. The van der Waals surface area contributed by atoms with Gasteiger partial charge in [-0.25, -0.2) is 0 Å². The van der Waals surface area contributed by atoms with Crippen LogP contribution in [0.15, 0.2) is 36.5 Å². The zero-order valence-electron chi connectivity index (χ0n) is 12.3. The number of carbonyl (C=O) groups is 1. The van der Waals surface area contributed by atoms with E-state index >= 15 is 0 Å². The van der Waals surface area contributed by atoms with Gasteiger partial charge in [-0.05, 0) is 38.5 Å². The van der Waals surface area contributed by atoms with Crippen LogP contribution in [0.1, 0.15) is 51.9 Å². The fourth-order valence-corrected chi connectivity index (χ4v) is 2.01. The Hall–Kier alpha value is -1.35. The highest BCUT2D eigenvalue weighted by atomic mass is 16.6. The van der Waals surface area contributed by atoms with Crippen molar-refractivity contribution in [3.05, 3.63) is 36.5 Å². The van der Waals surface area contributed by atoms with Crippen molar-refractivity contribution in [2.45, 2.75) is 64.1 Å². The number of hydrogen-bond acceptors (Lipinski definition) is 2. The molecule has 0 aromatic carbocycles. The van der Waals surface area contributed by atoms with E-state index in [-0.39, 0.29) is 6.42 Å². The first-order chi connectivity index (χ1) is 9.74. The quantitative estimate of drug-likeness (QED) is 0.349. The molecular formula is C17H26O3. The summed E-state index contributed by atoms with van der Waals surface area (Å²) in [5.41, 5.74) is 0. The first-order valence-electron chi connectivity index (χ1n) is 7.56. The summed E-state index contributed by atoms with van der Waals surface area (Å²) < 4.78 is 5.46. The summed E-state index contributed by atoms with van der Waals surface area (Å²) in [5.74, 6) is -0.716. The van der Waals surface area contributed by atoms with Crippen molar-refractivity contribution in [2.75, 3.05) is 0 Å². The largest absolute Gasteiger partial charge is 0.481 e. The van der Waals surface area contributed by atoms with Crippen molar-refractivity contribution in [1.82, 2.24) is 0 Å². The van der Waals surface area contributed by atoms with Crippen molar-refractivity contribution in [3.8, 4) is 0 Å². The molecule has 0 bridgehead atoms. The van der Waals surface area contributed by atoms with Crippen molar-refractivity contribution in [3.63, 3.8) is 0 Å². The topological polar surface area (TPSA) is 49.8 Å². The zero-order chi connectivity index (χ0) is 14.6. The number of rotatable bonds is 11. The summed E-state index contributed by atoms with van der Waals surface area (Å²) >= 11 is 0. The lowest BCUT2D eigenvalue weighted by molar-refractivity contribution is -0.137. The highest BCUT2D eigenvalue weighted by Crippen LogP contribution is 2.28. The van der Waals surface area contributed by atoms with Crippen molar-refractivity contribution in [1.29, 1.82) is 0 Å². The average molecular weight is 278 g/mol. The molecule has 1 fully saturated rings. The third kappa shape index (κ3) is 8.70. The Labute approximate surface area is 122 Å². The van der Waals surface area contributed by atoms with E-state index in [1.807, 2.05) is 0 Å². The van der Waals surface area contributed by atoms with Gasteiger partial charge in [0.15, 0.2) is 0 Å². The number of hydrogen-bond donors (Lipinski definition) is 1. The third-order valence-corrected chi connectivity index (χ3v) is 3.26. The van der Waals surface area contributed by atoms with Crippen LogP contribution in [0.4, 0.5) is 0 Å². The van der Waals surface area contributed by atoms with E-state index in [1.165, 1.54) is 0 Å². The van der Waals surface area contributed by atoms with E-state index in [0.29, 0.717) is 12.2 Å². The molecule has 0 aliphatic carbocycles. The van der Waals surface area contributed by atoms with Crippen LogP contribution in [0.25, 0.3) is 0 Å². The van der Waals surface area contributed by atoms with Gasteiger partial charge in [0.2, 0.25) is 0 Å². The lowest BCUT2D eigenvalue weighted by Crippen LogP contribution is -1.92. The molecule has 2 unspecified atom stereocenters. The molecule has 0 saturated carbocycles. The normalized spacial score (nSPS) is 22.2. The van der Waals surface area contributed by atoms with E-state index in [1.54, 1.807) is 0 Å². The van der Waals surface area contributed by atoms with Gasteiger partial charge in [-0.1, -0.05) is 43.4 Å². The second kappa shape index (κ2) is 10.4. The minimum atomic E-state index is -0.716. The number of unbranched alkanes of at least 4 members (excludes halogenated alkanes) is 1. The van der Waals surface area contributed by atoms with Gasteiger partial charge in [0.25, 0.3) is 0 Å². The predicted octanol–water partition coefficient (Wildman–Crippen LogP) is 4.26. The Bertz CT molecular complexity index is 355. The smallest absolute Gasteiger partial charge is 0.303 e. The van der Waals surface area contributed by atoms with Gasteiger partial charge in [-0.15, -0.1) is 0 Å². The fraction of sp³-hybridized carbons (Fsp3) is 0.588. The van der Waals surface area contributed by atoms with Gasteiger partial charge in [-0.2, -0.15) is 0 Å². The summed E-state index contributed by atoms with van der Waals surface area (Å²) in [5, 5.41) is 8.47. The molecule has 20 heavy (non-hydrogen) atoms. The standard InChI is InChI=1S/C17H26O3/c1-2-15-16(20-15)13-11-9-7-5-3-4-6-8-10-12-14-17(18)19/h3,5-6,8-9,11,15-16H,2,4,7,10,12-14H2,1H3,(H,18,19)/b5-3-,8-6-,11-9-. The molecule has 3 heteroatoms. The first-order valence-corrected chi connectivity index (χ1v) is 7.56. The highest BCUT2D eigenvalue weighted by Gasteiger charge is 2.35. The number of aliphatic carboxylic acids is 1. The molecule has 0 spiro atoms. The molecule has 0 amide bonds. The monoisotopic (exact) mass is 278 g/mol. The van der Waals surface area contributed by atoms with Crippen LogP contribution < -0.4 is 0 Å². The lowest BCUT2D eigenvalue weighted by Gasteiger charge is -1.90. The SMILES string of the molecule is CCC1OC1C/C=C\C/C=C\C/C=C\CCCC(=O)O. The lowest BCUT2D eigenvalue weighted by atomic mass is 10.2. The molecule has 1 saturated heterocycles. The highest BCUT2D eigenvalue weighted by molar-refractivity contribution is 5.66. The fourth-order valence-electron chi connectivity index (χ4n) is 2.01. The summed E-state index contributed by atoms with van der Waals surface area (Å²) in [6.45, 7) is 2.16. The summed E-state index contributed by atoms with van der Waals surface area (Å²) in [6, 6.07) is 0. The number of epoxide rings is 1. The predicted molar refractivity (Wildman–Crippen MR) is 81.7 cm³/mol. The molecule has 3 nitrogen and oxygen atoms in total. The molecule has 1 aliphatic rings. The van der Waals surface area contributed by atoms with E-state index in [0.717, 1.165) is 38.5 Å². The van der Waals surface area contributed by atoms with Crippen LogP contribution in [0.2, 0.25) is 0 Å². The Morgan fingerprint density at radius 1 is 1.05 bits per heavy atom. The second-order valence-electron chi connectivity index (χ2n) is 5.03. The van der Waals surface area contributed by atoms with E-state index in [4.69, 9.17) is 9.84 Å². The number of carboxylic acids is 1. The van der Waals surface area contributed by atoms with Crippen molar-refractivity contribution >= 4 is 5.97 Å². The Morgan fingerprint density at radius 2 is 1.70 bits per heavy atom. The van der Waals surface area contributed by atoms with Gasteiger partial charge in [-0.3, -0.25) is 4.79 Å². The van der Waals surface area contributed by atoms with Crippen molar-refractivity contribution in [2.24, 2.45) is 0 Å². The summed E-state index contributed by atoms with van der Waals surface area (Å²) in [4.78, 5) is 10.3. The van der Waals surface area contributed by atoms with Crippen LogP contribution in [0.3, 0.4) is 0 Å². The van der Waals surface area contributed by atoms with Crippen LogP contribution in [-0.2, 0) is 9.53 Å². The number of carboxylic acid groups (broad SMARTS) is 1. The zero-order valence-corrected chi connectivity index (χ0v) is 12.3. The third-order valence-electron chi connectivity index (χ3n) is 3.26. The van der Waals surface area contributed by atoms with Gasteiger partial charge < -0.3 is 9.84 Å². The maximum Gasteiger partial charge on any atom is 0.303 e. The molecular weight excluding hydrogens is 252 g/mol. The van der Waals surface area contributed by atoms with Crippen LogP contribution in [0.5, 0.6) is 0 Å². The molecule has 2 atom stereocenters. The number of allylic oxidation sites excluding steroid dienone is 5. The molecule has 0 radical (unpaired) electrons. The Balaban J connectivity index is 1.90. The van der Waals surface area contributed by atoms with Gasteiger partial charge in [0, 0.05) is 6.42 Å². The Morgan fingerprint density at radius 3 is 2.30 bits per heavy atom. The summed E-state index contributed by atoms with van der Waals surface area (Å²) in [7, 11) is 0. The number of ether oxygens (including phenoxy) is 1. The first kappa shape index (κ1) is 16.7. The maximum absolute atomic E-state index is 10.3. The second-order valence-corrected chi connectivity index (χ2v) is 5.03. The molecule has 112 valence electrons.